The first-order valence-electron chi connectivity index (χ1n) is 8.66. The number of hydrogen-bond donors (Lipinski definition) is 0. The van der Waals surface area contributed by atoms with Crippen LogP contribution in [-0.4, -0.2) is 47.0 Å². The Labute approximate surface area is 162 Å². The standard InChI is InChI=1S/C18H22ClN3O3S/c1-24-11-9-16-20-18(25-21-16)15-4-2-3-10-22(15)17(23)12-26-14-7-5-13(19)6-8-14/h5-8,15H,2-4,9-12H2,1H3. The van der Waals surface area contributed by atoms with Gasteiger partial charge in [0.15, 0.2) is 5.82 Å². The first-order chi connectivity index (χ1) is 12.7. The van der Waals surface area contributed by atoms with Gasteiger partial charge in [-0.1, -0.05) is 16.8 Å². The number of thioether (sulfide) groups is 1. The monoisotopic (exact) mass is 395 g/mol. The first kappa shape index (κ1) is 19.2. The van der Waals surface area contributed by atoms with Crippen LogP contribution in [-0.2, 0) is 16.0 Å². The summed E-state index contributed by atoms with van der Waals surface area (Å²) < 4.78 is 10.5. The Morgan fingerprint density at radius 1 is 1.38 bits per heavy atom. The molecule has 0 spiro atoms. The Morgan fingerprint density at radius 3 is 2.96 bits per heavy atom. The maximum atomic E-state index is 12.8. The molecule has 0 N–H and O–H groups in total. The van der Waals surface area contributed by atoms with Gasteiger partial charge in [-0.15, -0.1) is 11.8 Å². The van der Waals surface area contributed by atoms with Gasteiger partial charge in [-0.05, 0) is 43.5 Å². The minimum atomic E-state index is -0.133. The summed E-state index contributed by atoms with van der Waals surface area (Å²) in [6.07, 6.45) is 3.50. The predicted molar refractivity (Wildman–Crippen MR) is 100 cm³/mol. The Kier molecular flexibility index (Phi) is 6.93. The van der Waals surface area contributed by atoms with E-state index in [1.807, 2.05) is 29.2 Å². The van der Waals surface area contributed by atoms with Crippen LogP contribution in [0.3, 0.4) is 0 Å². The number of ether oxygens (including phenoxy) is 1. The summed E-state index contributed by atoms with van der Waals surface area (Å²) in [6.45, 7) is 1.27. The molecule has 2 aromatic rings. The van der Waals surface area contributed by atoms with E-state index in [4.69, 9.17) is 20.9 Å². The van der Waals surface area contributed by atoms with E-state index in [0.717, 1.165) is 30.7 Å². The summed E-state index contributed by atoms with van der Waals surface area (Å²) >= 11 is 7.41. The van der Waals surface area contributed by atoms with E-state index in [1.54, 1.807) is 7.11 Å². The van der Waals surface area contributed by atoms with Crippen molar-refractivity contribution in [3.8, 4) is 0 Å². The molecule has 1 aromatic heterocycles. The molecule has 1 saturated heterocycles. The molecule has 2 heterocycles. The van der Waals surface area contributed by atoms with Crippen LogP contribution in [0.5, 0.6) is 0 Å². The summed E-state index contributed by atoms with van der Waals surface area (Å²) in [5, 5.41) is 4.69. The third-order valence-electron chi connectivity index (χ3n) is 4.30. The van der Waals surface area contributed by atoms with Crippen molar-refractivity contribution >= 4 is 29.3 Å². The van der Waals surface area contributed by atoms with Crippen molar-refractivity contribution < 1.29 is 14.1 Å². The lowest BCUT2D eigenvalue weighted by molar-refractivity contribution is -0.132. The molecule has 140 valence electrons. The summed E-state index contributed by atoms with van der Waals surface area (Å²) in [6, 6.07) is 7.38. The summed E-state index contributed by atoms with van der Waals surface area (Å²) in [7, 11) is 1.64. The minimum absolute atomic E-state index is 0.0892. The molecule has 1 amide bonds. The highest BCUT2D eigenvalue weighted by Gasteiger charge is 2.31. The van der Waals surface area contributed by atoms with Gasteiger partial charge in [0.05, 0.1) is 12.4 Å². The largest absolute Gasteiger partial charge is 0.384 e. The molecular weight excluding hydrogens is 374 g/mol. The molecule has 3 rings (SSSR count). The third kappa shape index (κ3) is 4.99. The molecule has 0 saturated carbocycles. The molecular formula is C18H22ClN3O3S. The number of hydrogen-bond acceptors (Lipinski definition) is 6. The number of carbonyl (C=O) groups is 1. The van der Waals surface area contributed by atoms with Gasteiger partial charge in [-0.25, -0.2) is 0 Å². The fraction of sp³-hybridized carbons (Fsp3) is 0.500. The average molecular weight is 396 g/mol. The summed E-state index contributed by atoms with van der Waals surface area (Å²) in [5.41, 5.74) is 0. The number of rotatable bonds is 7. The van der Waals surface area contributed by atoms with E-state index in [2.05, 4.69) is 10.1 Å². The van der Waals surface area contributed by atoms with Crippen LogP contribution in [0.25, 0.3) is 0 Å². The number of halogens is 1. The molecule has 1 unspecified atom stereocenters. The van der Waals surface area contributed by atoms with Crippen LogP contribution in [0, 0.1) is 0 Å². The second-order valence-corrected chi connectivity index (χ2v) is 7.62. The third-order valence-corrected chi connectivity index (χ3v) is 5.55. The van der Waals surface area contributed by atoms with Gasteiger partial charge in [0.2, 0.25) is 11.8 Å². The van der Waals surface area contributed by atoms with Crippen LogP contribution in [0.2, 0.25) is 5.02 Å². The number of nitrogens with zero attached hydrogens (tertiary/aromatic N) is 3. The molecule has 0 bridgehead atoms. The zero-order valence-electron chi connectivity index (χ0n) is 14.7. The molecule has 6 nitrogen and oxygen atoms in total. The fourth-order valence-electron chi connectivity index (χ4n) is 2.94. The highest BCUT2D eigenvalue weighted by molar-refractivity contribution is 8.00. The van der Waals surface area contributed by atoms with Crippen LogP contribution in [0.15, 0.2) is 33.7 Å². The van der Waals surface area contributed by atoms with Crippen LogP contribution >= 0.6 is 23.4 Å². The van der Waals surface area contributed by atoms with Gasteiger partial charge in [0.1, 0.15) is 6.04 Å². The van der Waals surface area contributed by atoms with Crippen molar-refractivity contribution in [1.29, 1.82) is 0 Å². The van der Waals surface area contributed by atoms with Crippen molar-refractivity contribution in [2.24, 2.45) is 0 Å². The molecule has 1 atom stereocenters. The van der Waals surface area contributed by atoms with Crippen LogP contribution in [0.4, 0.5) is 0 Å². The van der Waals surface area contributed by atoms with Crippen molar-refractivity contribution in [2.75, 3.05) is 26.0 Å². The number of benzene rings is 1. The molecule has 1 aliphatic rings. The lowest BCUT2D eigenvalue weighted by Gasteiger charge is -2.33. The van der Waals surface area contributed by atoms with Gasteiger partial charge in [-0.3, -0.25) is 4.79 Å². The lowest BCUT2D eigenvalue weighted by atomic mass is 10.0. The van der Waals surface area contributed by atoms with Gasteiger partial charge in [-0.2, -0.15) is 4.98 Å². The number of amides is 1. The summed E-state index contributed by atoms with van der Waals surface area (Å²) in [5.74, 6) is 1.62. The smallest absolute Gasteiger partial charge is 0.249 e. The molecule has 1 aliphatic heterocycles. The second-order valence-electron chi connectivity index (χ2n) is 6.13. The highest BCUT2D eigenvalue weighted by Crippen LogP contribution is 2.31. The Balaban J connectivity index is 1.63. The number of carbonyl (C=O) groups excluding carboxylic acids is 1. The molecule has 0 radical (unpaired) electrons. The van der Waals surface area contributed by atoms with E-state index in [9.17, 15) is 4.79 Å². The second kappa shape index (κ2) is 9.39. The van der Waals surface area contributed by atoms with Crippen molar-refractivity contribution in [1.82, 2.24) is 15.0 Å². The number of aromatic nitrogens is 2. The topological polar surface area (TPSA) is 68.5 Å². The van der Waals surface area contributed by atoms with Gasteiger partial charge >= 0.3 is 0 Å². The van der Waals surface area contributed by atoms with Crippen LogP contribution in [0.1, 0.15) is 37.0 Å². The lowest BCUT2D eigenvalue weighted by Crippen LogP contribution is -2.39. The number of methoxy groups -OCH3 is 1. The zero-order valence-corrected chi connectivity index (χ0v) is 16.3. The van der Waals surface area contributed by atoms with E-state index in [0.29, 0.717) is 35.5 Å². The van der Waals surface area contributed by atoms with Crippen molar-refractivity contribution in [3.05, 3.63) is 41.0 Å². The number of likely N-dealkylation sites (tertiary alicyclic amines) is 1. The fourth-order valence-corrected chi connectivity index (χ4v) is 3.85. The van der Waals surface area contributed by atoms with E-state index in [-0.39, 0.29) is 11.9 Å². The zero-order chi connectivity index (χ0) is 18.4. The molecule has 0 aliphatic carbocycles. The average Bonchev–Trinajstić information content (AvgIpc) is 3.14. The van der Waals surface area contributed by atoms with E-state index in [1.165, 1.54) is 11.8 Å². The summed E-state index contributed by atoms with van der Waals surface area (Å²) in [4.78, 5) is 20.1. The molecule has 8 heteroatoms. The molecule has 1 fully saturated rings. The van der Waals surface area contributed by atoms with Crippen molar-refractivity contribution in [3.63, 3.8) is 0 Å². The first-order valence-corrected chi connectivity index (χ1v) is 10.0. The highest BCUT2D eigenvalue weighted by atomic mass is 35.5. The van der Waals surface area contributed by atoms with E-state index < -0.39 is 0 Å². The predicted octanol–water partition coefficient (Wildman–Crippen LogP) is 3.76. The molecule has 1 aromatic carbocycles. The minimum Gasteiger partial charge on any atom is -0.384 e. The Hall–Kier alpha value is -1.57. The van der Waals surface area contributed by atoms with E-state index >= 15 is 0 Å². The molecule has 26 heavy (non-hydrogen) atoms. The van der Waals surface area contributed by atoms with Gasteiger partial charge in [0.25, 0.3) is 0 Å². The van der Waals surface area contributed by atoms with Gasteiger partial charge < -0.3 is 14.2 Å². The maximum absolute atomic E-state index is 12.8. The maximum Gasteiger partial charge on any atom is 0.249 e. The Morgan fingerprint density at radius 2 is 2.19 bits per heavy atom. The quantitative estimate of drug-likeness (QED) is 0.665. The normalized spacial score (nSPS) is 17.5. The SMILES string of the molecule is COCCc1noc(C2CCCCN2C(=O)CSc2ccc(Cl)cc2)n1. The van der Waals surface area contributed by atoms with Crippen molar-refractivity contribution in [2.45, 2.75) is 36.6 Å². The van der Waals surface area contributed by atoms with Crippen LogP contribution < -0.4 is 0 Å². The number of piperidine rings is 1. The Bertz CT molecular complexity index is 723. The van der Waals surface area contributed by atoms with Gasteiger partial charge in [0, 0.05) is 30.0 Å².